The summed E-state index contributed by atoms with van der Waals surface area (Å²) in [6.07, 6.45) is 0.282. The van der Waals surface area contributed by atoms with Crippen LogP contribution in [0.4, 0.5) is 0 Å². The predicted molar refractivity (Wildman–Crippen MR) is 63.7 cm³/mol. The summed E-state index contributed by atoms with van der Waals surface area (Å²) < 4.78 is 27.8. The Labute approximate surface area is 108 Å². The summed E-state index contributed by atoms with van der Waals surface area (Å²) in [6, 6.07) is 2.64. The Morgan fingerprint density at radius 1 is 1.47 bits per heavy atom. The highest BCUT2D eigenvalue weighted by molar-refractivity contribution is 7.75. The van der Waals surface area contributed by atoms with Gasteiger partial charge in [0.05, 0.1) is 0 Å². The lowest BCUT2D eigenvalue weighted by atomic mass is 10.2. The molecule has 11 heteroatoms. The normalized spacial score (nSPS) is 20.3. The zero-order valence-corrected chi connectivity index (χ0v) is 11.7. The SMILES string of the molecule is CP(=O)(O[NH3+])C(O)(C(O)c1cccnc1)P(=O)(O)O. The minimum atomic E-state index is -5.40. The molecule has 0 saturated carbocycles. The van der Waals surface area contributed by atoms with Crippen LogP contribution in [0.5, 0.6) is 0 Å². The van der Waals surface area contributed by atoms with E-state index in [1.807, 2.05) is 0 Å². The number of aromatic nitrogens is 1. The molecule has 0 aliphatic rings. The van der Waals surface area contributed by atoms with Gasteiger partial charge in [0.15, 0.2) is 0 Å². The van der Waals surface area contributed by atoms with E-state index in [1.54, 1.807) is 0 Å². The number of hydrogen-bond acceptors (Lipinski definition) is 6. The second kappa shape index (κ2) is 5.40. The molecule has 0 amide bonds. The van der Waals surface area contributed by atoms with Gasteiger partial charge in [-0.15, -0.1) is 4.62 Å². The molecule has 0 aliphatic carbocycles. The standard InChI is InChI=1S/C8H14N2O7P2/c1-18(13,17-9)8(12,19(14,15)16)7(11)6-3-2-4-10-5-6/h2-5,7,11-12H,1,9H3,(H-,14,15,16)/p+1. The van der Waals surface area contributed by atoms with E-state index >= 15 is 0 Å². The lowest BCUT2D eigenvalue weighted by Crippen LogP contribution is -2.51. The molecule has 1 aromatic rings. The van der Waals surface area contributed by atoms with E-state index in [1.165, 1.54) is 18.3 Å². The first-order valence-corrected chi connectivity index (χ1v) is 8.63. The molecular formula is C8H15N2O7P2+. The van der Waals surface area contributed by atoms with Crippen molar-refractivity contribution in [3.05, 3.63) is 30.1 Å². The maximum Gasteiger partial charge on any atom is 0.370 e. The van der Waals surface area contributed by atoms with Gasteiger partial charge in [-0.3, -0.25) is 14.1 Å². The third-order valence-corrected chi connectivity index (χ3v) is 7.55. The maximum absolute atomic E-state index is 12.1. The highest BCUT2D eigenvalue weighted by Gasteiger charge is 2.64. The van der Waals surface area contributed by atoms with Crippen LogP contribution in [0.2, 0.25) is 0 Å². The van der Waals surface area contributed by atoms with Crippen molar-refractivity contribution in [3.8, 4) is 0 Å². The maximum atomic E-state index is 12.1. The zero-order valence-electron chi connectivity index (χ0n) is 9.95. The van der Waals surface area contributed by atoms with E-state index in [2.05, 4.69) is 15.5 Å². The smallest absolute Gasteiger partial charge is 0.370 e. The summed E-state index contributed by atoms with van der Waals surface area (Å²) in [5, 5.41) is 16.8. The Morgan fingerprint density at radius 2 is 2.05 bits per heavy atom. The van der Waals surface area contributed by atoms with Gasteiger partial charge >= 0.3 is 15.0 Å². The molecule has 3 unspecified atom stereocenters. The molecule has 3 atom stereocenters. The Hall–Kier alpha value is -0.630. The number of rotatable bonds is 5. The first-order chi connectivity index (χ1) is 8.58. The molecule has 0 spiro atoms. The Balaban J connectivity index is 3.44. The van der Waals surface area contributed by atoms with Crippen molar-refractivity contribution in [2.75, 3.05) is 6.66 Å². The molecule has 7 N–H and O–H groups in total. The van der Waals surface area contributed by atoms with Crippen molar-refractivity contribution < 1.29 is 39.7 Å². The van der Waals surface area contributed by atoms with Gasteiger partial charge < -0.3 is 20.0 Å². The third-order valence-electron chi connectivity index (χ3n) is 2.64. The molecule has 19 heavy (non-hydrogen) atoms. The number of aliphatic hydroxyl groups excluding tert-OH is 1. The lowest BCUT2D eigenvalue weighted by molar-refractivity contribution is -0.638. The molecule has 108 valence electrons. The molecule has 0 radical (unpaired) electrons. The van der Waals surface area contributed by atoms with Crippen molar-refractivity contribution in [1.82, 2.24) is 4.98 Å². The topological polar surface area (TPSA) is 165 Å². The molecule has 0 bridgehead atoms. The fraction of sp³-hybridized carbons (Fsp3) is 0.375. The van der Waals surface area contributed by atoms with Crippen LogP contribution in [0, 0.1) is 0 Å². The first-order valence-electron chi connectivity index (χ1n) is 4.95. The van der Waals surface area contributed by atoms with Gasteiger partial charge in [-0.05, 0) is 6.07 Å². The van der Waals surface area contributed by atoms with Crippen LogP contribution < -0.4 is 5.90 Å². The molecule has 1 rings (SSSR count). The Morgan fingerprint density at radius 3 is 2.42 bits per heavy atom. The molecule has 9 nitrogen and oxygen atoms in total. The van der Waals surface area contributed by atoms with Crippen LogP contribution in [-0.2, 0) is 13.8 Å². The number of aliphatic hydroxyl groups is 2. The first kappa shape index (κ1) is 16.4. The average molecular weight is 313 g/mol. The van der Waals surface area contributed by atoms with Gasteiger partial charge in [-0.25, -0.2) is 5.90 Å². The average Bonchev–Trinajstić information content (AvgIpc) is 2.36. The van der Waals surface area contributed by atoms with E-state index < -0.39 is 26.2 Å². The molecule has 0 aromatic carbocycles. The summed E-state index contributed by atoms with van der Waals surface area (Å²) in [5.41, 5.74) is -0.118. The minimum absolute atomic E-state index is 0.118. The molecule has 1 heterocycles. The van der Waals surface area contributed by atoms with E-state index in [4.69, 9.17) is 0 Å². The number of hydrogen-bond donors (Lipinski definition) is 5. The van der Waals surface area contributed by atoms with Crippen molar-refractivity contribution in [1.29, 1.82) is 0 Å². The van der Waals surface area contributed by atoms with E-state index in [0.29, 0.717) is 0 Å². The Kier molecular flexibility index (Phi) is 4.66. The third kappa shape index (κ3) is 2.79. The predicted octanol–water partition coefficient (Wildman–Crippen LogP) is -0.980. The van der Waals surface area contributed by atoms with Crippen molar-refractivity contribution >= 4 is 15.0 Å². The summed E-state index contributed by atoms with van der Waals surface area (Å²) in [4.78, 5) is 22.1. The monoisotopic (exact) mass is 313 g/mol. The van der Waals surface area contributed by atoms with Crippen LogP contribution in [0.3, 0.4) is 0 Å². The highest BCUT2D eigenvalue weighted by Crippen LogP contribution is 2.73. The molecule has 1 aromatic heterocycles. The van der Waals surface area contributed by atoms with Crippen LogP contribution in [0.25, 0.3) is 0 Å². The van der Waals surface area contributed by atoms with Gasteiger partial charge in [0.1, 0.15) is 6.10 Å². The van der Waals surface area contributed by atoms with Gasteiger partial charge in [0.25, 0.3) is 5.08 Å². The van der Waals surface area contributed by atoms with Crippen LogP contribution >= 0.6 is 15.0 Å². The fourth-order valence-corrected chi connectivity index (χ4v) is 4.79. The van der Waals surface area contributed by atoms with Gasteiger partial charge in [-0.1, -0.05) is 6.07 Å². The van der Waals surface area contributed by atoms with Gasteiger partial charge in [0, 0.05) is 24.6 Å². The second-order valence-electron chi connectivity index (χ2n) is 3.90. The van der Waals surface area contributed by atoms with Gasteiger partial charge in [-0.2, -0.15) is 0 Å². The minimum Gasteiger partial charge on any atom is -0.384 e. The molecule has 0 saturated heterocycles. The fourth-order valence-electron chi connectivity index (χ4n) is 1.47. The largest absolute Gasteiger partial charge is 0.384 e. The number of quaternary nitrogens is 1. The zero-order chi connectivity index (χ0) is 14.9. The van der Waals surface area contributed by atoms with E-state index in [-0.39, 0.29) is 5.56 Å². The van der Waals surface area contributed by atoms with E-state index in [9.17, 15) is 29.1 Å². The van der Waals surface area contributed by atoms with Crippen molar-refractivity contribution in [2.24, 2.45) is 0 Å². The summed E-state index contributed by atoms with van der Waals surface area (Å²) in [5.74, 6) is 2.82. The van der Waals surface area contributed by atoms with Crippen LogP contribution in [0.15, 0.2) is 24.5 Å². The summed E-state index contributed by atoms with van der Waals surface area (Å²) in [7, 11) is -9.73. The second-order valence-corrected chi connectivity index (χ2v) is 8.65. The quantitative estimate of drug-likeness (QED) is 0.342. The molecular weight excluding hydrogens is 298 g/mol. The van der Waals surface area contributed by atoms with Crippen LogP contribution in [0.1, 0.15) is 11.7 Å². The number of nitrogens with zero attached hydrogens (tertiary/aromatic N) is 1. The van der Waals surface area contributed by atoms with Crippen LogP contribution in [-0.4, -0.2) is 36.7 Å². The van der Waals surface area contributed by atoms with Gasteiger partial charge in [0.2, 0.25) is 0 Å². The van der Waals surface area contributed by atoms with Crippen molar-refractivity contribution in [2.45, 2.75) is 11.2 Å². The Bertz CT molecular complexity index is 533. The summed E-state index contributed by atoms with van der Waals surface area (Å²) in [6.45, 7) is 0.776. The molecule has 0 aliphatic heterocycles. The van der Waals surface area contributed by atoms with Crippen molar-refractivity contribution in [3.63, 3.8) is 0 Å². The summed E-state index contributed by atoms with van der Waals surface area (Å²) >= 11 is 0. The lowest BCUT2D eigenvalue weighted by Gasteiger charge is -2.34. The number of pyridine rings is 1. The molecule has 0 fully saturated rings. The highest BCUT2D eigenvalue weighted by atomic mass is 31.2. The van der Waals surface area contributed by atoms with E-state index in [0.717, 1.165) is 12.9 Å².